The number of guanidine groups is 1. The minimum absolute atomic E-state index is 0. The number of fused-ring (bicyclic) bond motifs is 1. The Kier molecular flexibility index (Phi) is 9.49. The molecule has 0 spiro atoms. The molecule has 0 bridgehead atoms. The molecular weight excluding hydrogens is 445 g/mol. The molecule has 146 valence electrons. The fourth-order valence-corrected chi connectivity index (χ4v) is 3.11. The summed E-state index contributed by atoms with van der Waals surface area (Å²) >= 11 is 0. The fourth-order valence-electron chi connectivity index (χ4n) is 3.11. The smallest absolute Gasteiger partial charge is 0.190 e. The number of hydrogen-bond acceptors (Lipinski definition) is 4. The van der Waals surface area contributed by atoms with Crippen molar-refractivity contribution in [3.8, 4) is 5.75 Å². The van der Waals surface area contributed by atoms with Crippen molar-refractivity contribution in [1.29, 1.82) is 0 Å². The SMILES string of the molecule is CN=C(NCCCOC1CCOC1)NCCc1ccc2c(c1)CCO2.I. The van der Waals surface area contributed by atoms with Crippen LogP contribution in [0, 0.1) is 0 Å². The maximum atomic E-state index is 5.76. The third-order valence-corrected chi connectivity index (χ3v) is 4.54. The van der Waals surface area contributed by atoms with Crippen LogP contribution in [0.15, 0.2) is 23.2 Å². The van der Waals surface area contributed by atoms with Gasteiger partial charge in [-0.1, -0.05) is 12.1 Å². The number of rotatable bonds is 8. The van der Waals surface area contributed by atoms with E-state index >= 15 is 0 Å². The van der Waals surface area contributed by atoms with Crippen LogP contribution in [-0.4, -0.2) is 58.6 Å². The first-order valence-electron chi connectivity index (χ1n) is 9.23. The molecular formula is C19H30IN3O3. The summed E-state index contributed by atoms with van der Waals surface area (Å²) in [5.74, 6) is 1.88. The van der Waals surface area contributed by atoms with Crippen LogP contribution in [0.2, 0.25) is 0 Å². The van der Waals surface area contributed by atoms with E-state index in [2.05, 4.69) is 33.8 Å². The van der Waals surface area contributed by atoms with E-state index in [-0.39, 0.29) is 30.1 Å². The summed E-state index contributed by atoms with van der Waals surface area (Å²) in [7, 11) is 1.80. The number of benzene rings is 1. The molecule has 1 atom stereocenters. The summed E-state index contributed by atoms with van der Waals surface area (Å²) in [6.07, 6.45) is 4.26. The van der Waals surface area contributed by atoms with Gasteiger partial charge in [-0.25, -0.2) is 0 Å². The lowest BCUT2D eigenvalue weighted by Gasteiger charge is -2.13. The van der Waals surface area contributed by atoms with Gasteiger partial charge in [0.15, 0.2) is 5.96 Å². The van der Waals surface area contributed by atoms with Crippen molar-refractivity contribution in [2.24, 2.45) is 4.99 Å². The monoisotopic (exact) mass is 475 g/mol. The second kappa shape index (κ2) is 11.6. The summed E-state index contributed by atoms with van der Waals surface area (Å²) in [5.41, 5.74) is 2.66. The molecule has 2 heterocycles. The van der Waals surface area contributed by atoms with E-state index in [1.54, 1.807) is 7.05 Å². The second-order valence-corrected chi connectivity index (χ2v) is 6.43. The van der Waals surface area contributed by atoms with E-state index in [0.717, 1.165) is 76.9 Å². The van der Waals surface area contributed by atoms with Gasteiger partial charge in [0.1, 0.15) is 5.75 Å². The van der Waals surface area contributed by atoms with Crippen molar-refractivity contribution in [3.63, 3.8) is 0 Å². The van der Waals surface area contributed by atoms with Gasteiger partial charge < -0.3 is 24.8 Å². The number of nitrogens with zero attached hydrogens (tertiary/aromatic N) is 1. The lowest BCUT2D eigenvalue weighted by Crippen LogP contribution is -2.39. The minimum Gasteiger partial charge on any atom is -0.493 e. The van der Waals surface area contributed by atoms with Gasteiger partial charge in [0.2, 0.25) is 0 Å². The van der Waals surface area contributed by atoms with Crippen molar-refractivity contribution < 1.29 is 14.2 Å². The van der Waals surface area contributed by atoms with Crippen LogP contribution in [-0.2, 0) is 22.3 Å². The third-order valence-electron chi connectivity index (χ3n) is 4.54. The van der Waals surface area contributed by atoms with Crippen molar-refractivity contribution in [2.45, 2.75) is 31.8 Å². The molecule has 1 aromatic carbocycles. The number of nitrogens with one attached hydrogen (secondary N) is 2. The van der Waals surface area contributed by atoms with Crippen LogP contribution in [0.25, 0.3) is 0 Å². The molecule has 26 heavy (non-hydrogen) atoms. The Morgan fingerprint density at radius 1 is 1.27 bits per heavy atom. The third kappa shape index (κ3) is 6.59. The molecule has 7 heteroatoms. The Labute approximate surface area is 173 Å². The van der Waals surface area contributed by atoms with Gasteiger partial charge in [0.05, 0.1) is 19.3 Å². The Bertz CT molecular complexity index is 577. The van der Waals surface area contributed by atoms with Gasteiger partial charge in [-0.05, 0) is 36.5 Å². The van der Waals surface area contributed by atoms with E-state index in [0.29, 0.717) is 0 Å². The van der Waals surface area contributed by atoms with Gasteiger partial charge in [-0.15, -0.1) is 24.0 Å². The molecule has 6 nitrogen and oxygen atoms in total. The zero-order valence-electron chi connectivity index (χ0n) is 15.5. The van der Waals surface area contributed by atoms with Crippen LogP contribution in [0.4, 0.5) is 0 Å². The molecule has 2 aliphatic rings. The molecule has 2 N–H and O–H groups in total. The highest BCUT2D eigenvalue weighted by Gasteiger charge is 2.15. The van der Waals surface area contributed by atoms with Crippen LogP contribution in [0.3, 0.4) is 0 Å². The molecule has 1 saturated heterocycles. The average molecular weight is 475 g/mol. The Morgan fingerprint density at radius 3 is 2.96 bits per heavy atom. The maximum absolute atomic E-state index is 5.76. The zero-order valence-corrected chi connectivity index (χ0v) is 17.8. The topological polar surface area (TPSA) is 64.1 Å². The first-order valence-corrected chi connectivity index (χ1v) is 9.23. The minimum atomic E-state index is 0. The lowest BCUT2D eigenvalue weighted by molar-refractivity contribution is 0.0420. The van der Waals surface area contributed by atoms with Crippen LogP contribution in [0.5, 0.6) is 5.75 Å². The number of aliphatic imine (C=N–C) groups is 1. The highest BCUT2D eigenvalue weighted by Crippen LogP contribution is 2.25. The summed E-state index contributed by atoms with van der Waals surface area (Å²) in [4.78, 5) is 4.27. The summed E-state index contributed by atoms with van der Waals surface area (Å²) in [6, 6.07) is 6.48. The molecule has 0 amide bonds. The Balaban J connectivity index is 0.00000243. The van der Waals surface area contributed by atoms with Crippen molar-refractivity contribution >= 4 is 29.9 Å². The highest BCUT2D eigenvalue weighted by atomic mass is 127. The van der Waals surface area contributed by atoms with Gasteiger partial charge in [-0.2, -0.15) is 0 Å². The fraction of sp³-hybridized carbons (Fsp3) is 0.632. The van der Waals surface area contributed by atoms with E-state index in [1.807, 2.05) is 0 Å². The van der Waals surface area contributed by atoms with Gasteiger partial charge >= 0.3 is 0 Å². The number of ether oxygens (including phenoxy) is 3. The quantitative estimate of drug-likeness (QED) is 0.261. The van der Waals surface area contributed by atoms with Gasteiger partial charge in [0.25, 0.3) is 0 Å². The zero-order chi connectivity index (χ0) is 17.3. The van der Waals surface area contributed by atoms with Crippen molar-refractivity contribution in [3.05, 3.63) is 29.3 Å². The average Bonchev–Trinajstić information content (AvgIpc) is 3.31. The van der Waals surface area contributed by atoms with Gasteiger partial charge in [0, 0.05) is 39.8 Å². The predicted octanol–water partition coefficient (Wildman–Crippen LogP) is 2.14. The molecule has 1 fully saturated rings. The normalized spacial score (nSPS) is 18.8. The standard InChI is InChI=1S/C19H29N3O3.HI/c1-20-19(21-8-2-10-24-17-7-11-23-14-17)22-9-5-15-3-4-18-16(13-15)6-12-25-18;/h3-4,13,17H,2,5-12,14H2,1H3,(H2,20,21,22);1H. The maximum Gasteiger partial charge on any atom is 0.190 e. The summed E-state index contributed by atoms with van der Waals surface area (Å²) in [5, 5.41) is 6.69. The van der Waals surface area contributed by atoms with Crippen molar-refractivity contribution in [2.75, 3.05) is 46.6 Å². The lowest BCUT2D eigenvalue weighted by atomic mass is 10.1. The number of halogens is 1. The highest BCUT2D eigenvalue weighted by molar-refractivity contribution is 14.0. The molecule has 3 rings (SSSR count). The number of hydrogen-bond donors (Lipinski definition) is 2. The van der Waals surface area contributed by atoms with Crippen molar-refractivity contribution in [1.82, 2.24) is 10.6 Å². The Hall–Kier alpha value is -1.06. The molecule has 1 unspecified atom stereocenters. The van der Waals surface area contributed by atoms with E-state index in [9.17, 15) is 0 Å². The molecule has 0 saturated carbocycles. The van der Waals surface area contributed by atoms with E-state index in [4.69, 9.17) is 14.2 Å². The first kappa shape index (κ1) is 21.2. The van der Waals surface area contributed by atoms with E-state index in [1.165, 1.54) is 11.1 Å². The summed E-state index contributed by atoms with van der Waals surface area (Å²) in [6.45, 7) is 4.85. The van der Waals surface area contributed by atoms with Crippen LogP contribution < -0.4 is 15.4 Å². The van der Waals surface area contributed by atoms with Crippen LogP contribution in [0.1, 0.15) is 24.0 Å². The molecule has 2 aliphatic heterocycles. The Morgan fingerprint density at radius 2 is 2.15 bits per heavy atom. The van der Waals surface area contributed by atoms with Crippen LogP contribution >= 0.6 is 24.0 Å². The molecule has 1 aromatic rings. The predicted molar refractivity (Wildman–Crippen MR) is 114 cm³/mol. The first-order chi connectivity index (χ1) is 12.3. The summed E-state index contributed by atoms with van der Waals surface area (Å²) < 4.78 is 16.6. The molecule has 0 aromatic heterocycles. The molecule has 0 radical (unpaired) electrons. The molecule has 0 aliphatic carbocycles. The van der Waals surface area contributed by atoms with E-state index < -0.39 is 0 Å². The largest absolute Gasteiger partial charge is 0.493 e. The second-order valence-electron chi connectivity index (χ2n) is 6.43. The van der Waals surface area contributed by atoms with Gasteiger partial charge in [-0.3, -0.25) is 4.99 Å².